The van der Waals surface area contributed by atoms with Gasteiger partial charge in [0.25, 0.3) is 0 Å². The van der Waals surface area contributed by atoms with Crippen molar-refractivity contribution in [3.63, 3.8) is 0 Å². The van der Waals surface area contributed by atoms with Crippen LogP contribution in [0.2, 0.25) is 0 Å². The molecule has 0 fully saturated rings. The zero-order valence-corrected chi connectivity index (χ0v) is 11.9. The molecule has 108 valence electrons. The first-order valence-electron chi connectivity index (χ1n) is 6.54. The number of hydrogen-bond donors (Lipinski definition) is 1. The molecule has 2 aromatic heterocycles. The van der Waals surface area contributed by atoms with Crippen LogP contribution in [0.4, 0.5) is 5.69 Å². The maximum absolute atomic E-state index is 5.93. The molecule has 0 aliphatic heterocycles. The number of hydrogen-bond acceptors (Lipinski definition) is 5. The lowest BCUT2D eigenvalue weighted by atomic mass is 10.2. The molecule has 1 aromatic carbocycles. The van der Waals surface area contributed by atoms with Crippen LogP contribution < -0.4 is 15.2 Å². The third-order valence-electron chi connectivity index (χ3n) is 3.29. The van der Waals surface area contributed by atoms with Gasteiger partial charge < -0.3 is 15.2 Å². The minimum atomic E-state index is 0.282. The molecular formula is C15H16N4O2. The first kappa shape index (κ1) is 13.2. The number of para-hydroxylation sites is 2. The van der Waals surface area contributed by atoms with Gasteiger partial charge in [0.15, 0.2) is 23.0 Å². The second-order valence-corrected chi connectivity index (χ2v) is 4.70. The van der Waals surface area contributed by atoms with E-state index in [1.54, 1.807) is 7.11 Å². The largest absolute Gasteiger partial charge is 0.493 e. The molecule has 3 rings (SSSR count). The highest BCUT2D eigenvalue weighted by molar-refractivity contribution is 5.53. The van der Waals surface area contributed by atoms with Crippen LogP contribution in [0.1, 0.15) is 11.4 Å². The Hall–Kier alpha value is -2.76. The van der Waals surface area contributed by atoms with Crippen molar-refractivity contribution in [1.82, 2.24) is 14.6 Å². The Labute approximate surface area is 122 Å². The first-order chi connectivity index (χ1) is 10.2. The molecule has 0 amide bonds. The van der Waals surface area contributed by atoms with Gasteiger partial charge in [-0.25, -0.2) is 0 Å². The van der Waals surface area contributed by atoms with Gasteiger partial charge in [0.05, 0.1) is 12.8 Å². The standard InChI is InChI=1S/C15H16N4O2/c1-10-7-14-17-18-15(19(14)8-11(10)16)9-21-13-6-4-3-5-12(13)20-2/h3-8H,9,16H2,1-2H3. The molecule has 0 saturated carbocycles. The van der Waals surface area contributed by atoms with Gasteiger partial charge in [0.1, 0.15) is 6.61 Å². The third-order valence-corrected chi connectivity index (χ3v) is 3.29. The fraction of sp³-hybridized carbons (Fsp3) is 0.200. The average Bonchev–Trinajstić information content (AvgIpc) is 2.88. The van der Waals surface area contributed by atoms with Crippen LogP contribution in [-0.4, -0.2) is 21.7 Å². The van der Waals surface area contributed by atoms with Crippen LogP contribution in [-0.2, 0) is 6.61 Å². The summed E-state index contributed by atoms with van der Waals surface area (Å²) in [6.07, 6.45) is 1.81. The number of anilines is 1. The average molecular weight is 284 g/mol. The van der Waals surface area contributed by atoms with E-state index in [0.717, 1.165) is 11.2 Å². The SMILES string of the molecule is COc1ccccc1OCc1nnc2cc(C)c(N)cn12. The minimum absolute atomic E-state index is 0.282. The van der Waals surface area contributed by atoms with Crippen molar-refractivity contribution in [1.29, 1.82) is 0 Å². The fourth-order valence-corrected chi connectivity index (χ4v) is 2.07. The summed E-state index contributed by atoms with van der Waals surface area (Å²) in [4.78, 5) is 0. The number of fused-ring (bicyclic) bond motifs is 1. The topological polar surface area (TPSA) is 74.7 Å². The number of nitrogens with zero attached hydrogens (tertiary/aromatic N) is 3. The number of pyridine rings is 1. The molecule has 0 unspecified atom stereocenters. The Morgan fingerprint density at radius 2 is 1.95 bits per heavy atom. The summed E-state index contributed by atoms with van der Waals surface area (Å²) in [6.45, 7) is 2.22. The highest BCUT2D eigenvalue weighted by atomic mass is 16.5. The van der Waals surface area contributed by atoms with Gasteiger partial charge in [0, 0.05) is 6.20 Å². The maximum atomic E-state index is 5.93. The molecule has 0 atom stereocenters. The van der Waals surface area contributed by atoms with Crippen molar-refractivity contribution in [3.8, 4) is 11.5 Å². The van der Waals surface area contributed by atoms with Gasteiger partial charge in [-0.05, 0) is 30.7 Å². The zero-order chi connectivity index (χ0) is 14.8. The molecule has 2 N–H and O–H groups in total. The predicted molar refractivity (Wildman–Crippen MR) is 79.5 cm³/mol. The van der Waals surface area contributed by atoms with Gasteiger partial charge in [0.2, 0.25) is 0 Å². The molecule has 6 heteroatoms. The zero-order valence-electron chi connectivity index (χ0n) is 11.9. The number of nitrogens with two attached hydrogens (primary N) is 1. The van der Waals surface area contributed by atoms with Crippen LogP contribution in [0.15, 0.2) is 36.5 Å². The number of nitrogen functional groups attached to an aromatic ring is 1. The first-order valence-corrected chi connectivity index (χ1v) is 6.54. The third kappa shape index (κ3) is 2.47. The van der Waals surface area contributed by atoms with Crippen molar-refractivity contribution in [2.45, 2.75) is 13.5 Å². The molecule has 0 spiro atoms. The molecule has 0 aliphatic carbocycles. The minimum Gasteiger partial charge on any atom is -0.493 e. The Bertz CT molecular complexity index is 782. The van der Waals surface area contributed by atoms with Crippen molar-refractivity contribution in [3.05, 3.63) is 47.9 Å². The Morgan fingerprint density at radius 3 is 2.71 bits per heavy atom. The normalized spacial score (nSPS) is 10.8. The quantitative estimate of drug-likeness (QED) is 0.795. The molecule has 0 bridgehead atoms. The van der Waals surface area contributed by atoms with Crippen molar-refractivity contribution >= 4 is 11.3 Å². The van der Waals surface area contributed by atoms with E-state index in [2.05, 4.69) is 10.2 Å². The number of rotatable bonds is 4. The van der Waals surface area contributed by atoms with Crippen LogP contribution in [0.25, 0.3) is 5.65 Å². The molecule has 0 radical (unpaired) electrons. The lowest BCUT2D eigenvalue weighted by Gasteiger charge is -2.09. The lowest BCUT2D eigenvalue weighted by molar-refractivity contribution is 0.275. The van der Waals surface area contributed by atoms with E-state index in [1.807, 2.05) is 47.9 Å². The van der Waals surface area contributed by atoms with Crippen LogP contribution in [0, 0.1) is 6.92 Å². The van der Waals surface area contributed by atoms with Gasteiger partial charge in [-0.15, -0.1) is 10.2 Å². The van der Waals surface area contributed by atoms with Crippen molar-refractivity contribution in [2.75, 3.05) is 12.8 Å². The highest BCUT2D eigenvalue weighted by Gasteiger charge is 2.09. The van der Waals surface area contributed by atoms with Crippen molar-refractivity contribution < 1.29 is 9.47 Å². The van der Waals surface area contributed by atoms with E-state index in [0.29, 0.717) is 23.0 Å². The Balaban J connectivity index is 1.87. The lowest BCUT2D eigenvalue weighted by Crippen LogP contribution is -2.03. The van der Waals surface area contributed by atoms with Crippen molar-refractivity contribution in [2.24, 2.45) is 0 Å². The number of benzene rings is 1. The second-order valence-electron chi connectivity index (χ2n) is 4.70. The second kappa shape index (κ2) is 5.32. The number of ether oxygens (including phenoxy) is 2. The summed E-state index contributed by atoms with van der Waals surface area (Å²) in [5, 5.41) is 8.26. The van der Waals surface area contributed by atoms with E-state index < -0.39 is 0 Å². The van der Waals surface area contributed by atoms with Gasteiger partial charge in [-0.1, -0.05) is 12.1 Å². The predicted octanol–water partition coefficient (Wildman–Crippen LogP) is 2.21. The smallest absolute Gasteiger partial charge is 0.175 e. The van der Waals surface area contributed by atoms with Gasteiger partial charge in [-0.2, -0.15) is 0 Å². The number of aryl methyl sites for hydroxylation is 1. The molecule has 6 nitrogen and oxygen atoms in total. The molecule has 0 saturated heterocycles. The van der Waals surface area contributed by atoms with E-state index in [9.17, 15) is 0 Å². The fourth-order valence-electron chi connectivity index (χ4n) is 2.07. The van der Waals surface area contributed by atoms with Crippen LogP contribution in [0.3, 0.4) is 0 Å². The summed E-state index contributed by atoms with van der Waals surface area (Å²) < 4.78 is 12.8. The molecule has 2 heterocycles. The van der Waals surface area contributed by atoms with Crippen LogP contribution in [0.5, 0.6) is 11.5 Å². The van der Waals surface area contributed by atoms with E-state index in [-0.39, 0.29) is 6.61 Å². The van der Waals surface area contributed by atoms with E-state index >= 15 is 0 Å². The molecular weight excluding hydrogens is 268 g/mol. The summed E-state index contributed by atoms with van der Waals surface area (Å²) in [7, 11) is 1.61. The monoisotopic (exact) mass is 284 g/mol. The maximum Gasteiger partial charge on any atom is 0.175 e. The molecule has 0 aliphatic rings. The number of aromatic nitrogens is 3. The molecule has 3 aromatic rings. The summed E-state index contributed by atoms with van der Waals surface area (Å²) in [5.41, 5.74) is 8.35. The summed E-state index contributed by atoms with van der Waals surface area (Å²) in [6, 6.07) is 9.37. The van der Waals surface area contributed by atoms with Gasteiger partial charge in [-0.3, -0.25) is 4.40 Å². The van der Waals surface area contributed by atoms with E-state index in [1.165, 1.54) is 0 Å². The molecule has 21 heavy (non-hydrogen) atoms. The Morgan fingerprint density at radius 1 is 1.19 bits per heavy atom. The van der Waals surface area contributed by atoms with Crippen LogP contribution >= 0.6 is 0 Å². The van der Waals surface area contributed by atoms with E-state index in [4.69, 9.17) is 15.2 Å². The van der Waals surface area contributed by atoms with Gasteiger partial charge >= 0.3 is 0 Å². The Kier molecular flexibility index (Phi) is 3.35. The summed E-state index contributed by atoms with van der Waals surface area (Å²) in [5.74, 6) is 2.03. The summed E-state index contributed by atoms with van der Waals surface area (Å²) >= 11 is 0. The highest BCUT2D eigenvalue weighted by Crippen LogP contribution is 2.26. The number of methoxy groups -OCH3 is 1.